The Balaban J connectivity index is 1.54. The first-order chi connectivity index (χ1) is 9.24. The number of rotatable bonds is 5. The minimum absolute atomic E-state index is 0.106. The van der Waals surface area contributed by atoms with Crippen LogP contribution in [0.2, 0.25) is 0 Å². The van der Waals surface area contributed by atoms with Crippen molar-refractivity contribution in [1.29, 1.82) is 0 Å². The largest absolute Gasteiger partial charge is 0.393 e. The Hall–Kier alpha value is -0.610. The topological polar surface area (TPSA) is 61.4 Å². The van der Waals surface area contributed by atoms with Crippen LogP contribution in [0, 0.1) is 11.8 Å². The van der Waals surface area contributed by atoms with E-state index in [0.29, 0.717) is 18.3 Å². The second-order valence-corrected chi connectivity index (χ2v) is 6.23. The fourth-order valence-corrected chi connectivity index (χ4v) is 3.20. The number of hydrogen-bond donors (Lipinski definition) is 3. The Labute approximate surface area is 116 Å². The molecule has 110 valence electrons. The summed E-state index contributed by atoms with van der Waals surface area (Å²) in [5.41, 5.74) is 0. The standard InChI is InChI=1S/C15H28N2O2/c18-14-6-3-13(4-7-14)11-17-15(19)8-5-12-2-1-9-16-10-12/h12-14,16,18H,1-11H2,(H,17,19). The monoisotopic (exact) mass is 268 g/mol. The van der Waals surface area contributed by atoms with Crippen molar-refractivity contribution in [1.82, 2.24) is 10.6 Å². The van der Waals surface area contributed by atoms with Crippen LogP contribution in [0.4, 0.5) is 0 Å². The number of carbonyl (C=O) groups is 1. The molecule has 0 spiro atoms. The molecule has 2 aliphatic rings. The Kier molecular flexibility index (Phi) is 6.11. The first-order valence-corrected chi connectivity index (χ1v) is 7.89. The normalized spacial score (nSPS) is 31.9. The van der Waals surface area contributed by atoms with Crippen molar-refractivity contribution < 1.29 is 9.90 Å². The van der Waals surface area contributed by atoms with Gasteiger partial charge in [0.05, 0.1) is 6.10 Å². The number of aliphatic hydroxyl groups excluding tert-OH is 1. The van der Waals surface area contributed by atoms with Gasteiger partial charge in [-0.2, -0.15) is 0 Å². The van der Waals surface area contributed by atoms with Gasteiger partial charge in [-0.15, -0.1) is 0 Å². The molecule has 1 amide bonds. The lowest BCUT2D eigenvalue weighted by Crippen LogP contribution is -2.33. The van der Waals surface area contributed by atoms with Crippen LogP contribution < -0.4 is 10.6 Å². The van der Waals surface area contributed by atoms with E-state index < -0.39 is 0 Å². The van der Waals surface area contributed by atoms with Crippen LogP contribution in [0.3, 0.4) is 0 Å². The van der Waals surface area contributed by atoms with Crippen molar-refractivity contribution in [2.75, 3.05) is 19.6 Å². The summed E-state index contributed by atoms with van der Waals surface area (Å²) in [7, 11) is 0. The zero-order valence-corrected chi connectivity index (χ0v) is 11.9. The van der Waals surface area contributed by atoms with Crippen LogP contribution in [-0.4, -0.2) is 36.8 Å². The molecule has 1 saturated carbocycles. The number of aliphatic hydroxyl groups is 1. The van der Waals surface area contributed by atoms with E-state index in [0.717, 1.165) is 51.7 Å². The van der Waals surface area contributed by atoms with Crippen LogP contribution >= 0.6 is 0 Å². The summed E-state index contributed by atoms with van der Waals surface area (Å²) >= 11 is 0. The molecule has 1 aliphatic carbocycles. The summed E-state index contributed by atoms with van der Waals surface area (Å²) in [5.74, 6) is 1.46. The van der Waals surface area contributed by atoms with Crippen LogP contribution in [0.1, 0.15) is 51.4 Å². The molecule has 4 nitrogen and oxygen atoms in total. The molecule has 0 aromatic rings. The SMILES string of the molecule is O=C(CCC1CCCNC1)NCC1CCC(O)CC1. The lowest BCUT2D eigenvalue weighted by molar-refractivity contribution is -0.121. The third-order valence-corrected chi connectivity index (χ3v) is 4.58. The fourth-order valence-electron chi connectivity index (χ4n) is 3.20. The first-order valence-electron chi connectivity index (χ1n) is 7.89. The predicted molar refractivity (Wildman–Crippen MR) is 75.8 cm³/mol. The lowest BCUT2D eigenvalue weighted by Gasteiger charge is -2.26. The molecule has 0 aromatic carbocycles. The van der Waals surface area contributed by atoms with E-state index in [1.807, 2.05) is 0 Å². The fraction of sp³-hybridized carbons (Fsp3) is 0.933. The molecule has 1 unspecified atom stereocenters. The summed E-state index contributed by atoms with van der Waals surface area (Å²) in [4.78, 5) is 11.8. The highest BCUT2D eigenvalue weighted by Gasteiger charge is 2.20. The number of hydrogen-bond acceptors (Lipinski definition) is 3. The minimum atomic E-state index is -0.106. The van der Waals surface area contributed by atoms with Gasteiger partial charge in [0.2, 0.25) is 5.91 Å². The van der Waals surface area contributed by atoms with Gasteiger partial charge in [0.25, 0.3) is 0 Å². The zero-order valence-electron chi connectivity index (χ0n) is 11.9. The summed E-state index contributed by atoms with van der Waals surface area (Å²) in [6.45, 7) is 3.01. The van der Waals surface area contributed by atoms with Crippen LogP contribution in [0.5, 0.6) is 0 Å². The highest BCUT2D eigenvalue weighted by molar-refractivity contribution is 5.75. The molecule has 19 heavy (non-hydrogen) atoms. The van der Waals surface area contributed by atoms with E-state index in [1.54, 1.807) is 0 Å². The van der Waals surface area contributed by atoms with Crippen molar-refractivity contribution >= 4 is 5.91 Å². The number of nitrogens with one attached hydrogen (secondary N) is 2. The highest BCUT2D eigenvalue weighted by Crippen LogP contribution is 2.23. The van der Waals surface area contributed by atoms with Crippen molar-refractivity contribution in [2.24, 2.45) is 11.8 Å². The van der Waals surface area contributed by atoms with E-state index >= 15 is 0 Å². The summed E-state index contributed by atoms with van der Waals surface area (Å²) in [6, 6.07) is 0. The molecule has 2 rings (SSSR count). The van der Waals surface area contributed by atoms with Gasteiger partial charge in [-0.1, -0.05) is 0 Å². The highest BCUT2D eigenvalue weighted by atomic mass is 16.3. The molecule has 1 atom stereocenters. The van der Waals surface area contributed by atoms with Crippen LogP contribution in [-0.2, 0) is 4.79 Å². The summed E-state index contributed by atoms with van der Waals surface area (Å²) in [5, 5.41) is 15.9. The smallest absolute Gasteiger partial charge is 0.220 e. The van der Waals surface area contributed by atoms with Crippen molar-refractivity contribution in [3.8, 4) is 0 Å². The van der Waals surface area contributed by atoms with Gasteiger partial charge >= 0.3 is 0 Å². The molecule has 3 N–H and O–H groups in total. The Morgan fingerprint density at radius 3 is 2.63 bits per heavy atom. The van der Waals surface area contributed by atoms with Crippen LogP contribution in [0.25, 0.3) is 0 Å². The summed E-state index contributed by atoms with van der Waals surface area (Å²) < 4.78 is 0. The molecule has 0 aromatic heterocycles. The number of amides is 1. The average Bonchev–Trinajstić information content (AvgIpc) is 2.45. The lowest BCUT2D eigenvalue weighted by atomic mass is 9.87. The molecular weight excluding hydrogens is 240 g/mol. The second-order valence-electron chi connectivity index (χ2n) is 6.23. The maximum atomic E-state index is 11.8. The molecule has 2 fully saturated rings. The van der Waals surface area contributed by atoms with Crippen molar-refractivity contribution in [3.05, 3.63) is 0 Å². The average molecular weight is 268 g/mol. The quantitative estimate of drug-likeness (QED) is 0.707. The van der Waals surface area contributed by atoms with Gasteiger partial charge in [0, 0.05) is 13.0 Å². The third kappa shape index (κ3) is 5.49. The van der Waals surface area contributed by atoms with E-state index in [4.69, 9.17) is 0 Å². The van der Waals surface area contributed by atoms with Crippen molar-refractivity contribution in [3.63, 3.8) is 0 Å². The van der Waals surface area contributed by atoms with Gasteiger partial charge in [-0.25, -0.2) is 0 Å². The molecular formula is C15H28N2O2. The Bertz CT molecular complexity index is 269. The zero-order chi connectivity index (χ0) is 13.5. The van der Waals surface area contributed by atoms with Crippen LogP contribution in [0.15, 0.2) is 0 Å². The maximum absolute atomic E-state index is 11.8. The molecule has 1 saturated heterocycles. The van der Waals surface area contributed by atoms with Gasteiger partial charge in [-0.05, 0) is 69.9 Å². The molecule has 1 heterocycles. The van der Waals surface area contributed by atoms with Gasteiger partial charge in [0.1, 0.15) is 0 Å². The molecule has 4 heteroatoms. The minimum Gasteiger partial charge on any atom is -0.393 e. The maximum Gasteiger partial charge on any atom is 0.220 e. The Morgan fingerprint density at radius 1 is 1.16 bits per heavy atom. The number of carbonyl (C=O) groups excluding carboxylic acids is 1. The predicted octanol–water partition coefficient (Wildman–Crippen LogP) is 1.43. The Morgan fingerprint density at radius 2 is 1.95 bits per heavy atom. The van der Waals surface area contributed by atoms with E-state index in [9.17, 15) is 9.90 Å². The molecule has 0 bridgehead atoms. The van der Waals surface area contributed by atoms with Gasteiger partial charge in [-0.3, -0.25) is 4.79 Å². The molecule has 0 radical (unpaired) electrons. The van der Waals surface area contributed by atoms with Gasteiger partial charge < -0.3 is 15.7 Å². The van der Waals surface area contributed by atoms with E-state index in [1.165, 1.54) is 12.8 Å². The van der Waals surface area contributed by atoms with Gasteiger partial charge in [0.15, 0.2) is 0 Å². The first kappa shape index (κ1) is 14.8. The van der Waals surface area contributed by atoms with Crippen molar-refractivity contribution in [2.45, 2.75) is 57.5 Å². The number of piperidine rings is 1. The van der Waals surface area contributed by atoms with E-state index in [-0.39, 0.29) is 12.0 Å². The third-order valence-electron chi connectivity index (χ3n) is 4.58. The van der Waals surface area contributed by atoms with E-state index in [2.05, 4.69) is 10.6 Å². The molecule has 1 aliphatic heterocycles. The summed E-state index contributed by atoms with van der Waals surface area (Å²) in [6.07, 6.45) is 7.98. The second kappa shape index (κ2) is 7.85.